The van der Waals surface area contributed by atoms with Crippen LogP contribution in [0.15, 0.2) is 53.9 Å². The lowest BCUT2D eigenvalue weighted by atomic mass is 10.2. The molecule has 0 spiro atoms. The number of benzene rings is 2. The number of nitrogens with one attached hydrogen (secondary N) is 1. The van der Waals surface area contributed by atoms with E-state index in [-0.39, 0.29) is 5.91 Å². The normalized spacial score (nSPS) is 11.5. The molecule has 0 aliphatic rings. The van der Waals surface area contributed by atoms with E-state index in [0.717, 1.165) is 11.0 Å². The summed E-state index contributed by atoms with van der Waals surface area (Å²) >= 11 is 5.78. The van der Waals surface area contributed by atoms with Gasteiger partial charge in [-0.25, -0.2) is 8.42 Å². The number of sulfonamides is 1. The average Bonchev–Trinajstić information content (AvgIpc) is 2.54. The van der Waals surface area contributed by atoms with Gasteiger partial charge in [-0.1, -0.05) is 23.7 Å². The fourth-order valence-electron chi connectivity index (χ4n) is 1.88. The van der Waals surface area contributed by atoms with Gasteiger partial charge in [0.2, 0.25) is 5.91 Å². The third-order valence-electron chi connectivity index (χ3n) is 3.30. The minimum absolute atomic E-state index is 0.103. The monoisotopic (exact) mass is 364 g/mol. The van der Waals surface area contributed by atoms with Crippen molar-refractivity contribution in [1.82, 2.24) is 0 Å². The number of carbonyl (C=O) groups is 1. The van der Waals surface area contributed by atoms with Gasteiger partial charge in [0, 0.05) is 30.4 Å². The van der Waals surface area contributed by atoms with E-state index >= 15 is 0 Å². The molecule has 5 nitrogen and oxygen atoms in total. The minimum atomic E-state index is -3.64. The molecule has 0 radical (unpaired) electrons. The van der Waals surface area contributed by atoms with Crippen molar-refractivity contribution in [1.29, 1.82) is 0 Å². The highest BCUT2D eigenvalue weighted by molar-refractivity contribution is 7.95. The molecule has 0 atom stereocenters. The van der Waals surface area contributed by atoms with E-state index in [2.05, 4.69) is 4.72 Å². The molecule has 0 saturated carbocycles. The Morgan fingerprint density at radius 1 is 1.08 bits per heavy atom. The SMILES string of the molecule is CC(=O)N(C)c1ccc(NS(=O)(=O)/C=C/c2ccc(Cl)cc2)cc1. The van der Waals surface area contributed by atoms with Gasteiger partial charge >= 0.3 is 0 Å². The molecule has 2 rings (SSSR count). The van der Waals surface area contributed by atoms with Crippen LogP contribution >= 0.6 is 11.6 Å². The number of hydrogen-bond donors (Lipinski definition) is 1. The molecule has 0 aliphatic heterocycles. The molecular formula is C17H17ClN2O3S. The van der Waals surface area contributed by atoms with Crippen molar-refractivity contribution in [2.24, 2.45) is 0 Å². The van der Waals surface area contributed by atoms with Gasteiger partial charge in [0.15, 0.2) is 0 Å². The summed E-state index contributed by atoms with van der Waals surface area (Å²) in [6.45, 7) is 1.46. The topological polar surface area (TPSA) is 66.5 Å². The summed E-state index contributed by atoms with van der Waals surface area (Å²) in [5, 5.41) is 1.68. The molecule has 0 bridgehead atoms. The molecule has 7 heteroatoms. The van der Waals surface area contributed by atoms with Crippen LogP contribution in [0.3, 0.4) is 0 Å². The Morgan fingerprint density at radius 3 is 2.21 bits per heavy atom. The predicted octanol–water partition coefficient (Wildman–Crippen LogP) is 3.74. The Hall–Kier alpha value is -2.31. The first-order valence-electron chi connectivity index (χ1n) is 7.08. The van der Waals surface area contributed by atoms with Crippen molar-refractivity contribution >= 4 is 45.0 Å². The fraction of sp³-hybridized carbons (Fsp3) is 0.118. The average molecular weight is 365 g/mol. The quantitative estimate of drug-likeness (QED) is 0.878. The lowest BCUT2D eigenvalue weighted by molar-refractivity contribution is -0.116. The van der Waals surface area contributed by atoms with Crippen LogP contribution in [0.2, 0.25) is 5.02 Å². The molecule has 24 heavy (non-hydrogen) atoms. The zero-order valence-corrected chi connectivity index (χ0v) is 14.8. The maximum atomic E-state index is 12.1. The van der Waals surface area contributed by atoms with Gasteiger partial charge in [-0.05, 0) is 48.0 Å². The Balaban J connectivity index is 2.08. The van der Waals surface area contributed by atoms with Gasteiger partial charge in [0.1, 0.15) is 0 Å². The summed E-state index contributed by atoms with van der Waals surface area (Å²) in [6, 6.07) is 13.4. The van der Waals surface area contributed by atoms with Crippen molar-refractivity contribution in [3.8, 4) is 0 Å². The zero-order chi connectivity index (χ0) is 17.7. The number of amides is 1. The number of nitrogens with zero attached hydrogens (tertiary/aromatic N) is 1. The zero-order valence-electron chi connectivity index (χ0n) is 13.2. The molecule has 1 N–H and O–H groups in total. The van der Waals surface area contributed by atoms with Crippen molar-refractivity contribution < 1.29 is 13.2 Å². The standard InChI is InChI=1S/C17H17ClN2O3S/c1-13(21)20(2)17-9-7-16(8-10-17)19-24(22,23)12-11-14-3-5-15(18)6-4-14/h3-12,19H,1-2H3/b12-11+. The summed E-state index contributed by atoms with van der Waals surface area (Å²) in [5.41, 5.74) is 1.82. The third-order valence-corrected chi connectivity index (χ3v) is 4.56. The first-order valence-corrected chi connectivity index (χ1v) is 9.00. The Kier molecular flexibility index (Phi) is 5.64. The first-order chi connectivity index (χ1) is 11.3. The van der Waals surface area contributed by atoms with Crippen LogP contribution in [0.25, 0.3) is 6.08 Å². The molecule has 0 saturated heterocycles. The second kappa shape index (κ2) is 7.51. The summed E-state index contributed by atoms with van der Waals surface area (Å²) in [7, 11) is -1.99. The van der Waals surface area contributed by atoms with Crippen LogP contribution < -0.4 is 9.62 Å². The molecule has 126 valence electrons. The summed E-state index contributed by atoms with van der Waals surface area (Å²) < 4.78 is 26.6. The van der Waals surface area contributed by atoms with E-state index in [4.69, 9.17) is 11.6 Å². The van der Waals surface area contributed by atoms with Gasteiger partial charge in [-0.2, -0.15) is 0 Å². The third kappa shape index (κ3) is 5.11. The highest BCUT2D eigenvalue weighted by atomic mass is 35.5. The van der Waals surface area contributed by atoms with Crippen LogP contribution in [-0.4, -0.2) is 21.4 Å². The molecule has 0 aliphatic carbocycles. The second-order valence-electron chi connectivity index (χ2n) is 5.13. The Morgan fingerprint density at radius 2 is 1.67 bits per heavy atom. The highest BCUT2D eigenvalue weighted by Crippen LogP contribution is 2.18. The van der Waals surface area contributed by atoms with E-state index < -0.39 is 10.0 Å². The highest BCUT2D eigenvalue weighted by Gasteiger charge is 2.08. The molecule has 0 unspecified atom stereocenters. The van der Waals surface area contributed by atoms with Crippen LogP contribution in [0.1, 0.15) is 12.5 Å². The summed E-state index contributed by atoms with van der Waals surface area (Å²) in [5.74, 6) is -0.103. The second-order valence-corrected chi connectivity index (χ2v) is 7.13. The lowest BCUT2D eigenvalue weighted by Gasteiger charge is -2.15. The van der Waals surface area contributed by atoms with Gasteiger partial charge in [-0.15, -0.1) is 0 Å². The van der Waals surface area contributed by atoms with Gasteiger partial charge in [-0.3, -0.25) is 9.52 Å². The molecule has 0 aromatic heterocycles. The van der Waals surface area contributed by atoms with Crippen molar-refractivity contribution in [2.45, 2.75) is 6.92 Å². The number of hydrogen-bond acceptors (Lipinski definition) is 3. The van der Waals surface area contributed by atoms with Crippen LogP contribution in [0, 0.1) is 0 Å². The van der Waals surface area contributed by atoms with E-state index in [0.29, 0.717) is 16.4 Å². The minimum Gasteiger partial charge on any atom is -0.316 e. The van der Waals surface area contributed by atoms with Gasteiger partial charge in [0.25, 0.3) is 10.0 Å². The van der Waals surface area contributed by atoms with Crippen LogP contribution in [-0.2, 0) is 14.8 Å². The largest absolute Gasteiger partial charge is 0.316 e. The van der Waals surface area contributed by atoms with E-state index in [1.165, 1.54) is 17.9 Å². The van der Waals surface area contributed by atoms with Crippen molar-refractivity contribution in [3.05, 3.63) is 64.5 Å². The van der Waals surface area contributed by atoms with Crippen molar-refractivity contribution in [2.75, 3.05) is 16.7 Å². The maximum absolute atomic E-state index is 12.1. The molecule has 0 fully saturated rings. The summed E-state index contributed by atoms with van der Waals surface area (Å²) in [6.07, 6.45) is 1.48. The lowest BCUT2D eigenvalue weighted by Crippen LogP contribution is -2.22. The molecule has 2 aromatic rings. The van der Waals surface area contributed by atoms with Crippen molar-refractivity contribution in [3.63, 3.8) is 0 Å². The van der Waals surface area contributed by atoms with Crippen LogP contribution in [0.5, 0.6) is 0 Å². The first kappa shape index (κ1) is 18.0. The Labute approximate surface area is 146 Å². The van der Waals surface area contributed by atoms with E-state index in [9.17, 15) is 13.2 Å². The molecule has 1 amide bonds. The number of anilines is 2. The van der Waals surface area contributed by atoms with Gasteiger partial charge in [0.05, 0.1) is 5.41 Å². The molecular weight excluding hydrogens is 348 g/mol. The van der Waals surface area contributed by atoms with Gasteiger partial charge < -0.3 is 4.90 Å². The predicted molar refractivity (Wildman–Crippen MR) is 98.6 cm³/mol. The van der Waals surface area contributed by atoms with E-state index in [1.807, 2.05) is 0 Å². The Bertz CT molecular complexity index is 844. The van der Waals surface area contributed by atoms with E-state index in [1.54, 1.807) is 55.6 Å². The summed E-state index contributed by atoms with van der Waals surface area (Å²) in [4.78, 5) is 12.8. The molecule has 0 heterocycles. The maximum Gasteiger partial charge on any atom is 0.255 e. The number of halogens is 1. The number of carbonyl (C=O) groups excluding carboxylic acids is 1. The van der Waals surface area contributed by atoms with Crippen LogP contribution in [0.4, 0.5) is 11.4 Å². The fourth-order valence-corrected chi connectivity index (χ4v) is 2.87. The number of rotatable bonds is 5. The smallest absolute Gasteiger partial charge is 0.255 e. The molecule has 2 aromatic carbocycles.